The molecule has 3 heterocycles. The Morgan fingerprint density at radius 3 is 2.78 bits per heavy atom. The van der Waals surface area contributed by atoms with Gasteiger partial charge in [-0.3, -0.25) is 4.79 Å². The molecule has 2 aliphatic rings. The third-order valence-electron chi connectivity index (χ3n) is 6.15. The lowest BCUT2D eigenvalue weighted by molar-refractivity contribution is 0.0725. The molecule has 8 heteroatoms. The highest BCUT2D eigenvalue weighted by Crippen LogP contribution is 2.34. The van der Waals surface area contributed by atoms with E-state index in [0.717, 1.165) is 47.5 Å². The second kappa shape index (κ2) is 9.05. The van der Waals surface area contributed by atoms with Gasteiger partial charge in [0.15, 0.2) is 22.3 Å². The molecule has 1 fully saturated rings. The minimum atomic E-state index is -0.616. The van der Waals surface area contributed by atoms with Crippen LogP contribution in [0.5, 0.6) is 17.2 Å². The summed E-state index contributed by atoms with van der Waals surface area (Å²) in [4.78, 5) is 19.9. The average Bonchev–Trinajstić information content (AvgIpc) is 3.28. The van der Waals surface area contributed by atoms with Crippen molar-refractivity contribution in [1.29, 1.82) is 0 Å². The zero-order valence-electron chi connectivity index (χ0n) is 18.0. The van der Waals surface area contributed by atoms with E-state index in [2.05, 4.69) is 9.88 Å². The van der Waals surface area contributed by atoms with Crippen LogP contribution in [0.3, 0.4) is 0 Å². The fourth-order valence-corrected chi connectivity index (χ4v) is 5.36. The number of ether oxygens (including phenoxy) is 3. The summed E-state index contributed by atoms with van der Waals surface area (Å²) < 4.78 is 17.5. The Bertz CT molecular complexity index is 1120. The van der Waals surface area contributed by atoms with Gasteiger partial charge in [0.1, 0.15) is 24.5 Å². The van der Waals surface area contributed by atoms with Crippen molar-refractivity contribution in [3.63, 3.8) is 0 Å². The van der Waals surface area contributed by atoms with Crippen molar-refractivity contribution in [2.45, 2.75) is 18.9 Å². The number of likely N-dealkylation sites (tertiary alicyclic amines) is 1. The van der Waals surface area contributed by atoms with E-state index in [1.54, 1.807) is 7.11 Å². The number of fused-ring (bicyclic) bond motifs is 2. The van der Waals surface area contributed by atoms with Crippen molar-refractivity contribution in [2.24, 2.45) is 5.92 Å². The first-order valence-electron chi connectivity index (χ1n) is 10.9. The lowest BCUT2D eigenvalue weighted by Crippen LogP contribution is -2.38. The van der Waals surface area contributed by atoms with Crippen LogP contribution in [0.4, 0.5) is 0 Å². The Morgan fingerprint density at radius 1 is 1.22 bits per heavy atom. The van der Waals surface area contributed by atoms with Crippen LogP contribution >= 0.6 is 11.3 Å². The lowest BCUT2D eigenvalue weighted by Gasteiger charge is -2.32. The number of hydrogen-bond acceptors (Lipinski definition) is 8. The molecule has 1 atom stereocenters. The van der Waals surface area contributed by atoms with E-state index in [1.807, 2.05) is 36.4 Å². The lowest BCUT2D eigenvalue weighted by atomic mass is 9.92. The van der Waals surface area contributed by atoms with Gasteiger partial charge in [-0.1, -0.05) is 12.1 Å². The highest BCUT2D eigenvalue weighted by Gasteiger charge is 2.29. The molecule has 7 nitrogen and oxygen atoms in total. The van der Waals surface area contributed by atoms with Crippen LogP contribution in [0, 0.1) is 5.92 Å². The topological polar surface area (TPSA) is 81.1 Å². The quantitative estimate of drug-likeness (QED) is 0.569. The highest BCUT2D eigenvalue weighted by molar-refractivity contribution is 7.20. The van der Waals surface area contributed by atoms with Crippen LogP contribution in [-0.4, -0.2) is 60.7 Å². The van der Waals surface area contributed by atoms with Crippen LogP contribution in [0.2, 0.25) is 0 Å². The maximum absolute atomic E-state index is 13.1. The Morgan fingerprint density at radius 2 is 2.00 bits per heavy atom. The van der Waals surface area contributed by atoms with Gasteiger partial charge in [-0.05, 0) is 55.8 Å². The van der Waals surface area contributed by atoms with Gasteiger partial charge in [0.05, 0.1) is 17.9 Å². The number of piperidine rings is 1. The zero-order valence-corrected chi connectivity index (χ0v) is 18.8. The number of hydrogen-bond donors (Lipinski definition) is 1. The van der Waals surface area contributed by atoms with Gasteiger partial charge in [-0.2, -0.15) is 0 Å². The minimum absolute atomic E-state index is 0.0377. The molecule has 1 unspecified atom stereocenters. The monoisotopic (exact) mass is 454 g/mol. The number of methoxy groups -OCH3 is 1. The second-order valence-corrected chi connectivity index (χ2v) is 9.21. The van der Waals surface area contributed by atoms with E-state index in [9.17, 15) is 9.90 Å². The minimum Gasteiger partial charge on any atom is -0.494 e. The van der Waals surface area contributed by atoms with Crippen molar-refractivity contribution < 1.29 is 24.1 Å². The fourth-order valence-electron chi connectivity index (χ4n) is 4.36. The summed E-state index contributed by atoms with van der Waals surface area (Å²) in [5, 5.41) is 11.3. The van der Waals surface area contributed by atoms with Crippen molar-refractivity contribution >= 4 is 27.3 Å². The summed E-state index contributed by atoms with van der Waals surface area (Å²) in [7, 11) is 1.62. The van der Waals surface area contributed by atoms with Crippen LogP contribution in [-0.2, 0) is 0 Å². The van der Waals surface area contributed by atoms with E-state index >= 15 is 0 Å². The highest BCUT2D eigenvalue weighted by atomic mass is 32.1. The molecule has 2 aliphatic heterocycles. The Hall–Kier alpha value is -2.68. The number of benzene rings is 2. The molecule has 2 aromatic carbocycles. The van der Waals surface area contributed by atoms with Crippen LogP contribution < -0.4 is 14.2 Å². The normalized spacial score (nSPS) is 17.9. The van der Waals surface area contributed by atoms with Crippen molar-refractivity contribution in [2.75, 3.05) is 40.0 Å². The number of ketones is 1. The SMILES string of the molecule is COc1cccc2sc(C(=O)C3CCN(CC(O)c4ccc5c(c4)OCCO5)CC3)nc12. The maximum Gasteiger partial charge on any atom is 0.194 e. The summed E-state index contributed by atoms with van der Waals surface area (Å²) in [6.07, 6.45) is 0.911. The molecule has 1 saturated heterocycles. The fraction of sp³-hybridized carbons (Fsp3) is 0.417. The Labute approximate surface area is 190 Å². The van der Waals surface area contributed by atoms with Crippen LogP contribution in [0.15, 0.2) is 36.4 Å². The van der Waals surface area contributed by atoms with Crippen LogP contribution in [0.25, 0.3) is 10.2 Å². The van der Waals surface area contributed by atoms with Crippen LogP contribution in [0.1, 0.15) is 34.3 Å². The first-order chi connectivity index (χ1) is 15.6. The smallest absolute Gasteiger partial charge is 0.194 e. The molecule has 32 heavy (non-hydrogen) atoms. The molecule has 1 aromatic heterocycles. The first-order valence-corrected chi connectivity index (χ1v) is 11.7. The molecule has 0 spiro atoms. The molecule has 0 amide bonds. The summed E-state index contributed by atoms with van der Waals surface area (Å²) in [6, 6.07) is 11.3. The number of aliphatic hydroxyl groups excluding tert-OH is 1. The summed E-state index contributed by atoms with van der Waals surface area (Å²) in [5.41, 5.74) is 1.57. The number of carbonyl (C=O) groups is 1. The zero-order chi connectivity index (χ0) is 22.1. The third kappa shape index (κ3) is 4.18. The van der Waals surface area contributed by atoms with Gasteiger partial charge in [-0.15, -0.1) is 11.3 Å². The van der Waals surface area contributed by atoms with Crippen molar-refractivity contribution in [1.82, 2.24) is 9.88 Å². The molecular weight excluding hydrogens is 428 g/mol. The number of thiazole rings is 1. The van der Waals surface area contributed by atoms with E-state index in [-0.39, 0.29) is 11.7 Å². The summed E-state index contributed by atoms with van der Waals surface area (Å²) in [5.74, 6) is 2.17. The maximum atomic E-state index is 13.1. The van der Waals surface area contributed by atoms with E-state index in [0.29, 0.717) is 36.3 Å². The molecule has 0 bridgehead atoms. The first kappa shape index (κ1) is 21.2. The molecular formula is C24H26N2O5S. The molecule has 0 aliphatic carbocycles. The number of aliphatic hydroxyl groups is 1. The number of carbonyl (C=O) groups excluding carboxylic acids is 1. The predicted octanol–water partition coefficient (Wildman–Crippen LogP) is 3.70. The number of β-amino-alcohol motifs (C(OH)–C–C–N with tert-alkyl or cyclic N) is 1. The standard InChI is InChI=1S/C24H26N2O5S/c1-29-19-3-2-4-21-22(19)25-24(32-21)23(28)15-7-9-26(10-8-15)14-17(27)16-5-6-18-20(13-16)31-12-11-30-18/h2-6,13,15,17,27H,7-12,14H2,1H3. The van der Waals surface area contributed by atoms with E-state index in [4.69, 9.17) is 14.2 Å². The van der Waals surface area contributed by atoms with E-state index in [1.165, 1.54) is 11.3 Å². The summed E-state index contributed by atoms with van der Waals surface area (Å²) >= 11 is 1.43. The van der Waals surface area contributed by atoms with Gasteiger partial charge >= 0.3 is 0 Å². The van der Waals surface area contributed by atoms with Gasteiger partial charge in [-0.25, -0.2) is 4.98 Å². The summed E-state index contributed by atoms with van der Waals surface area (Å²) in [6.45, 7) is 3.14. The largest absolute Gasteiger partial charge is 0.494 e. The molecule has 3 aromatic rings. The predicted molar refractivity (Wildman–Crippen MR) is 122 cm³/mol. The van der Waals surface area contributed by atoms with Gasteiger partial charge in [0.2, 0.25) is 0 Å². The van der Waals surface area contributed by atoms with Gasteiger partial charge < -0.3 is 24.2 Å². The number of aromatic nitrogens is 1. The third-order valence-corrected chi connectivity index (χ3v) is 7.19. The Kier molecular flexibility index (Phi) is 5.99. The average molecular weight is 455 g/mol. The molecule has 5 rings (SSSR count). The molecule has 0 saturated carbocycles. The number of nitrogens with zero attached hydrogens (tertiary/aromatic N) is 2. The second-order valence-electron chi connectivity index (χ2n) is 8.18. The number of Topliss-reactive ketones (excluding diaryl/α,β-unsaturated/α-hetero) is 1. The van der Waals surface area contributed by atoms with E-state index < -0.39 is 6.10 Å². The van der Waals surface area contributed by atoms with Gasteiger partial charge in [0.25, 0.3) is 0 Å². The van der Waals surface area contributed by atoms with Crippen molar-refractivity contribution in [3.05, 3.63) is 47.0 Å². The van der Waals surface area contributed by atoms with Crippen molar-refractivity contribution in [3.8, 4) is 17.2 Å². The Balaban J connectivity index is 1.19. The number of para-hydroxylation sites is 1. The molecule has 1 N–H and O–H groups in total. The van der Waals surface area contributed by atoms with Gasteiger partial charge in [0, 0.05) is 12.5 Å². The molecule has 168 valence electrons. The number of rotatable bonds is 6. The molecule has 0 radical (unpaired) electrons.